The summed E-state index contributed by atoms with van der Waals surface area (Å²) < 4.78 is 0. The third-order valence-corrected chi connectivity index (χ3v) is 14.7. The molecule has 3 aliphatic rings. The second-order valence-electron chi connectivity index (χ2n) is 19.0. The highest BCUT2D eigenvalue weighted by atomic mass is 15.1. The lowest BCUT2D eigenvalue weighted by Crippen LogP contribution is -2.17. The fourth-order valence-electron chi connectivity index (χ4n) is 11.6. The maximum atomic E-state index is 2.54. The maximum Gasteiger partial charge on any atom is 0.0546 e. The number of nitrogens with zero attached hydrogens (tertiary/aromatic N) is 1. The highest BCUT2D eigenvalue weighted by Crippen LogP contribution is 2.57. The molecule has 3 aliphatic carbocycles. The predicted octanol–water partition coefficient (Wildman–Crippen LogP) is 17.1. The van der Waals surface area contributed by atoms with Gasteiger partial charge in [0.1, 0.15) is 0 Å². The van der Waals surface area contributed by atoms with Crippen LogP contribution in [0.15, 0.2) is 170 Å². The van der Waals surface area contributed by atoms with Crippen LogP contribution in [-0.4, -0.2) is 0 Å². The van der Waals surface area contributed by atoms with Gasteiger partial charge < -0.3 is 4.90 Å². The molecule has 1 saturated carbocycles. The molecule has 1 heteroatoms. The third kappa shape index (κ3) is 6.19. The number of anilines is 3. The molecule has 0 aliphatic heterocycles. The van der Waals surface area contributed by atoms with Crippen molar-refractivity contribution in [1.82, 2.24) is 0 Å². The zero-order valence-electron chi connectivity index (χ0n) is 36.1. The van der Waals surface area contributed by atoms with E-state index in [0.717, 1.165) is 0 Å². The second kappa shape index (κ2) is 14.8. The van der Waals surface area contributed by atoms with Gasteiger partial charge in [0.05, 0.1) is 5.69 Å². The van der Waals surface area contributed by atoms with E-state index in [9.17, 15) is 0 Å². The summed E-state index contributed by atoms with van der Waals surface area (Å²) in [5.74, 6) is 0.641. The highest BCUT2D eigenvalue weighted by Gasteiger charge is 2.41. The molecule has 0 bridgehead atoms. The molecular weight excluding hydrogens is 735 g/mol. The van der Waals surface area contributed by atoms with Crippen molar-refractivity contribution in [2.24, 2.45) is 0 Å². The number of hydrogen-bond donors (Lipinski definition) is 0. The lowest BCUT2D eigenvalue weighted by molar-refractivity contribution is 0.455. The van der Waals surface area contributed by atoms with Crippen LogP contribution < -0.4 is 4.90 Å². The summed E-state index contributed by atoms with van der Waals surface area (Å²) in [4.78, 5) is 2.54. The Kier molecular flexibility index (Phi) is 9.15. The molecule has 1 nitrogen and oxygen atoms in total. The first-order valence-corrected chi connectivity index (χ1v) is 22.8. The van der Waals surface area contributed by atoms with E-state index in [1.54, 1.807) is 0 Å². The first kappa shape index (κ1) is 37.8. The van der Waals surface area contributed by atoms with Crippen LogP contribution in [0.25, 0.3) is 55.3 Å². The third-order valence-electron chi connectivity index (χ3n) is 14.7. The highest BCUT2D eigenvalue weighted by molar-refractivity contribution is 6.00. The van der Waals surface area contributed by atoms with Crippen molar-refractivity contribution in [3.63, 3.8) is 0 Å². The summed E-state index contributed by atoms with van der Waals surface area (Å²) in [5.41, 5.74) is 21.0. The Bertz CT molecular complexity index is 2940. The van der Waals surface area contributed by atoms with Gasteiger partial charge in [-0.25, -0.2) is 0 Å². The van der Waals surface area contributed by atoms with Gasteiger partial charge in [0.25, 0.3) is 0 Å². The Morgan fingerprint density at radius 2 is 1.00 bits per heavy atom. The summed E-state index contributed by atoms with van der Waals surface area (Å²) in [6.07, 6.45) is 9.39. The Labute approximate surface area is 362 Å². The van der Waals surface area contributed by atoms with E-state index in [1.807, 2.05) is 0 Å². The SMILES string of the molecule is CC1(C)c2cc(N(c3ccc(C4CCCCCCC4)cc3)c3cc4ccccc4cc3-c3ccccc3)ccc2-c2c(-c3cccc4c3C(C)(C)c3ccccc3-4)cccc21. The molecule has 300 valence electrons. The Balaban J connectivity index is 1.09. The van der Waals surface area contributed by atoms with E-state index in [1.165, 1.54) is 145 Å². The van der Waals surface area contributed by atoms with Crippen molar-refractivity contribution in [3.8, 4) is 44.5 Å². The smallest absolute Gasteiger partial charge is 0.0546 e. The van der Waals surface area contributed by atoms with Crippen LogP contribution in [0.4, 0.5) is 17.1 Å². The first-order valence-electron chi connectivity index (χ1n) is 22.8. The molecule has 0 radical (unpaired) electrons. The van der Waals surface area contributed by atoms with E-state index < -0.39 is 0 Å². The van der Waals surface area contributed by atoms with Gasteiger partial charge in [-0.2, -0.15) is 0 Å². The minimum absolute atomic E-state index is 0.103. The average molecular weight is 790 g/mol. The van der Waals surface area contributed by atoms with Gasteiger partial charge in [0, 0.05) is 27.8 Å². The molecule has 0 amide bonds. The van der Waals surface area contributed by atoms with Gasteiger partial charge in [0.15, 0.2) is 0 Å². The van der Waals surface area contributed by atoms with Gasteiger partial charge in [0.2, 0.25) is 0 Å². The first-order chi connectivity index (χ1) is 29.8. The zero-order valence-corrected chi connectivity index (χ0v) is 36.1. The summed E-state index contributed by atoms with van der Waals surface area (Å²) >= 11 is 0. The largest absolute Gasteiger partial charge is 0.310 e. The summed E-state index contributed by atoms with van der Waals surface area (Å²) in [7, 11) is 0. The lowest BCUT2D eigenvalue weighted by atomic mass is 9.77. The van der Waals surface area contributed by atoms with Crippen molar-refractivity contribution < 1.29 is 0 Å². The summed E-state index contributed by atoms with van der Waals surface area (Å²) in [6, 6.07) is 64.6. The number of rotatable bonds is 6. The molecule has 8 aromatic carbocycles. The van der Waals surface area contributed by atoms with E-state index >= 15 is 0 Å². The molecule has 0 atom stereocenters. The van der Waals surface area contributed by atoms with Crippen molar-refractivity contribution in [2.45, 2.75) is 89.4 Å². The second-order valence-corrected chi connectivity index (χ2v) is 19.0. The van der Waals surface area contributed by atoms with Gasteiger partial charge in [-0.15, -0.1) is 0 Å². The fourth-order valence-corrected chi connectivity index (χ4v) is 11.6. The van der Waals surface area contributed by atoms with Crippen LogP contribution in [0.1, 0.15) is 106 Å². The predicted molar refractivity (Wildman–Crippen MR) is 260 cm³/mol. The molecule has 8 aromatic rings. The maximum absolute atomic E-state index is 2.54. The van der Waals surface area contributed by atoms with E-state index in [4.69, 9.17) is 0 Å². The molecule has 0 heterocycles. The molecule has 0 N–H and O–H groups in total. The van der Waals surface area contributed by atoms with Gasteiger partial charge >= 0.3 is 0 Å². The Hall–Kier alpha value is -6.18. The van der Waals surface area contributed by atoms with Crippen LogP contribution in [0.3, 0.4) is 0 Å². The van der Waals surface area contributed by atoms with E-state index in [2.05, 4.69) is 202 Å². The van der Waals surface area contributed by atoms with E-state index in [0.29, 0.717) is 5.92 Å². The zero-order chi connectivity index (χ0) is 41.3. The topological polar surface area (TPSA) is 3.24 Å². The lowest BCUT2D eigenvalue weighted by Gasteiger charge is -2.30. The minimum Gasteiger partial charge on any atom is -0.310 e. The molecule has 11 rings (SSSR count). The van der Waals surface area contributed by atoms with Gasteiger partial charge in [-0.05, 0) is 133 Å². The minimum atomic E-state index is -0.202. The van der Waals surface area contributed by atoms with Crippen molar-refractivity contribution >= 4 is 27.8 Å². The van der Waals surface area contributed by atoms with Crippen LogP contribution in [0.2, 0.25) is 0 Å². The van der Waals surface area contributed by atoms with Gasteiger partial charge in [-0.1, -0.05) is 193 Å². The molecule has 0 unspecified atom stereocenters. The summed E-state index contributed by atoms with van der Waals surface area (Å²) in [6.45, 7) is 9.67. The molecule has 1 fully saturated rings. The molecular formula is C60H55N. The quantitative estimate of drug-likeness (QED) is 0.162. The fraction of sp³-hybridized carbons (Fsp3) is 0.233. The molecule has 0 saturated heterocycles. The van der Waals surface area contributed by atoms with Crippen molar-refractivity contribution in [1.29, 1.82) is 0 Å². The van der Waals surface area contributed by atoms with Crippen molar-refractivity contribution in [2.75, 3.05) is 4.90 Å². The van der Waals surface area contributed by atoms with Crippen LogP contribution in [0, 0.1) is 0 Å². The Morgan fingerprint density at radius 1 is 0.410 bits per heavy atom. The number of fused-ring (bicyclic) bond motifs is 7. The normalized spacial score (nSPS) is 16.3. The number of hydrogen-bond acceptors (Lipinski definition) is 1. The molecule has 61 heavy (non-hydrogen) atoms. The monoisotopic (exact) mass is 789 g/mol. The average Bonchev–Trinajstić information content (AvgIpc) is 3.66. The standard InChI is InChI=1S/C60H55N/c1-59(2)54-30-18-26-48(50-28-17-27-49-47-25-15-16-29-53(47)60(3,4)58(49)50)57(54)51-36-35-46(39-55(51)59)61(45-33-31-41(32-34-45)40-19-9-6-5-7-10-20-40)56-38-44-24-14-13-23-43(44)37-52(56)42-21-11-8-12-22-42/h8,11-18,21-40H,5-7,9-10,19-20H2,1-4H3. The van der Waals surface area contributed by atoms with Crippen LogP contribution >= 0.6 is 0 Å². The van der Waals surface area contributed by atoms with Crippen LogP contribution in [-0.2, 0) is 10.8 Å². The van der Waals surface area contributed by atoms with Crippen molar-refractivity contribution in [3.05, 3.63) is 198 Å². The van der Waals surface area contributed by atoms with Crippen LogP contribution in [0.5, 0.6) is 0 Å². The summed E-state index contributed by atoms with van der Waals surface area (Å²) in [5, 5.41) is 2.49. The molecule has 0 spiro atoms. The number of benzene rings is 8. The van der Waals surface area contributed by atoms with Gasteiger partial charge in [-0.3, -0.25) is 0 Å². The molecule has 0 aromatic heterocycles. The van der Waals surface area contributed by atoms with E-state index in [-0.39, 0.29) is 10.8 Å². The Morgan fingerprint density at radius 3 is 1.77 bits per heavy atom.